The molecule has 0 saturated carbocycles. The van der Waals surface area contributed by atoms with E-state index in [1.807, 2.05) is 19.9 Å². The van der Waals surface area contributed by atoms with Crippen molar-refractivity contribution in [3.8, 4) is 0 Å². The minimum Gasteiger partial charge on any atom is -0.396 e. The number of alkyl halides is 3. The van der Waals surface area contributed by atoms with Gasteiger partial charge in [0, 0.05) is 5.75 Å². The molecule has 1 aliphatic heterocycles. The quantitative estimate of drug-likeness (QED) is 0.730. The Morgan fingerprint density at radius 3 is 2.17 bits per heavy atom. The van der Waals surface area contributed by atoms with Gasteiger partial charge in [-0.3, -0.25) is 9.59 Å². The number of carbonyl (C=O) groups excluding carboxylic acids is 2. The summed E-state index contributed by atoms with van der Waals surface area (Å²) in [5.41, 5.74) is 1.91. The number of thioether (sulfide) groups is 1. The van der Waals surface area contributed by atoms with Crippen LogP contribution in [-0.2, 0) is 15.8 Å². The summed E-state index contributed by atoms with van der Waals surface area (Å²) in [6.45, 7) is 3.62. The number of aliphatic hydroxyl groups is 1. The summed E-state index contributed by atoms with van der Waals surface area (Å²) in [6.07, 6.45) is -4.51. The van der Waals surface area contributed by atoms with Gasteiger partial charge in [0.15, 0.2) is 0 Å². The fourth-order valence-electron chi connectivity index (χ4n) is 2.98. The normalized spacial score (nSPS) is 14.9. The van der Waals surface area contributed by atoms with Crippen LogP contribution in [0, 0.1) is 13.8 Å². The minimum absolute atomic E-state index is 0.0638. The SMILES string of the molecule is Cc1ccc(C2=C(SCCO)C(=O)N(c3ccc(C(F)(F)F)cc3)C2=O)cc1C. The van der Waals surface area contributed by atoms with E-state index < -0.39 is 23.6 Å². The van der Waals surface area contributed by atoms with Gasteiger partial charge in [0.25, 0.3) is 11.8 Å². The molecule has 0 aromatic heterocycles. The van der Waals surface area contributed by atoms with E-state index in [1.54, 1.807) is 12.1 Å². The van der Waals surface area contributed by atoms with E-state index in [-0.39, 0.29) is 28.5 Å². The molecule has 1 heterocycles. The average molecular weight is 421 g/mol. The minimum atomic E-state index is -4.51. The number of hydrogen-bond acceptors (Lipinski definition) is 4. The lowest BCUT2D eigenvalue weighted by atomic mass is 10.0. The van der Waals surface area contributed by atoms with Crippen LogP contribution in [0.1, 0.15) is 22.3 Å². The first-order valence-electron chi connectivity index (χ1n) is 8.76. The third-order valence-corrected chi connectivity index (χ3v) is 5.68. The maximum Gasteiger partial charge on any atom is 0.416 e. The summed E-state index contributed by atoms with van der Waals surface area (Å²) in [4.78, 5) is 27.1. The number of aryl methyl sites for hydroxylation is 2. The van der Waals surface area contributed by atoms with Gasteiger partial charge in [-0.1, -0.05) is 18.2 Å². The van der Waals surface area contributed by atoms with Gasteiger partial charge in [0.05, 0.1) is 28.3 Å². The molecule has 2 aromatic rings. The van der Waals surface area contributed by atoms with E-state index in [2.05, 4.69) is 0 Å². The van der Waals surface area contributed by atoms with Gasteiger partial charge in [-0.2, -0.15) is 13.2 Å². The number of benzene rings is 2. The van der Waals surface area contributed by atoms with Crippen LogP contribution in [0.2, 0.25) is 0 Å². The first kappa shape index (κ1) is 21.1. The van der Waals surface area contributed by atoms with Crippen LogP contribution in [0.15, 0.2) is 47.4 Å². The van der Waals surface area contributed by atoms with Crippen molar-refractivity contribution < 1.29 is 27.9 Å². The predicted octanol–water partition coefficient (Wildman–Crippen LogP) is 4.33. The Kier molecular flexibility index (Phi) is 5.86. The second-order valence-corrected chi connectivity index (χ2v) is 7.67. The third-order valence-electron chi connectivity index (χ3n) is 4.63. The van der Waals surface area contributed by atoms with E-state index in [0.717, 1.165) is 52.1 Å². The Morgan fingerprint density at radius 1 is 0.966 bits per heavy atom. The standard InChI is InChI=1S/C21H18F3NO3S/c1-12-3-4-14(11-13(12)2)17-18(29-10-9-26)20(28)25(19(17)27)16-7-5-15(6-8-16)21(22,23)24/h3-8,11,26H,9-10H2,1-2H3. The Balaban J connectivity index is 2.04. The van der Waals surface area contributed by atoms with E-state index in [1.165, 1.54) is 0 Å². The highest BCUT2D eigenvalue weighted by Crippen LogP contribution is 2.39. The largest absolute Gasteiger partial charge is 0.416 e. The van der Waals surface area contributed by atoms with Gasteiger partial charge >= 0.3 is 6.18 Å². The van der Waals surface area contributed by atoms with Crippen LogP contribution in [0.25, 0.3) is 5.57 Å². The van der Waals surface area contributed by atoms with Gasteiger partial charge in [-0.25, -0.2) is 4.90 Å². The molecule has 1 N–H and O–H groups in total. The van der Waals surface area contributed by atoms with Gasteiger partial charge < -0.3 is 5.11 Å². The van der Waals surface area contributed by atoms with Crippen LogP contribution in [0.5, 0.6) is 0 Å². The molecule has 1 aliphatic rings. The molecular weight excluding hydrogens is 403 g/mol. The molecule has 0 atom stereocenters. The lowest BCUT2D eigenvalue weighted by molar-refractivity contribution is -0.137. The number of hydrogen-bond donors (Lipinski definition) is 1. The van der Waals surface area contributed by atoms with Gasteiger partial charge in [-0.15, -0.1) is 11.8 Å². The number of anilines is 1. The molecule has 0 fully saturated rings. The van der Waals surface area contributed by atoms with Crippen molar-refractivity contribution in [2.24, 2.45) is 0 Å². The number of amides is 2. The van der Waals surface area contributed by atoms with E-state index in [4.69, 9.17) is 5.11 Å². The highest BCUT2D eigenvalue weighted by Gasteiger charge is 2.40. The molecular formula is C21H18F3NO3S. The number of rotatable bonds is 5. The van der Waals surface area contributed by atoms with Crippen LogP contribution >= 0.6 is 11.8 Å². The topological polar surface area (TPSA) is 57.6 Å². The molecule has 0 aliphatic carbocycles. The Bertz CT molecular complexity index is 997. The fourth-order valence-corrected chi connectivity index (χ4v) is 3.84. The van der Waals surface area contributed by atoms with E-state index in [0.29, 0.717) is 5.56 Å². The number of nitrogens with zero attached hydrogens (tertiary/aromatic N) is 1. The third kappa shape index (κ3) is 4.09. The Hall–Kier alpha value is -2.58. The molecule has 2 amide bonds. The number of carbonyl (C=O) groups is 2. The molecule has 0 unspecified atom stereocenters. The summed E-state index contributed by atoms with van der Waals surface area (Å²) in [5, 5.41) is 9.15. The summed E-state index contributed by atoms with van der Waals surface area (Å²) in [5.74, 6) is -0.997. The van der Waals surface area contributed by atoms with Crippen molar-refractivity contribution in [2.45, 2.75) is 20.0 Å². The first-order valence-corrected chi connectivity index (χ1v) is 9.75. The monoisotopic (exact) mass is 421 g/mol. The first-order chi connectivity index (χ1) is 13.6. The Labute approximate surface area is 170 Å². The molecule has 2 aromatic carbocycles. The summed E-state index contributed by atoms with van der Waals surface area (Å²) in [7, 11) is 0. The molecule has 0 spiro atoms. The van der Waals surface area contributed by atoms with Crippen molar-refractivity contribution in [3.63, 3.8) is 0 Å². The predicted molar refractivity (Wildman–Crippen MR) is 106 cm³/mol. The lowest BCUT2D eigenvalue weighted by Crippen LogP contribution is -2.31. The highest BCUT2D eigenvalue weighted by molar-refractivity contribution is 8.04. The van der Waals surface area contributed by atoms with Gasteiger partial charge in [0.2, 0.25) is 0 Å². The van der Waals surface area contributed by atoms with Crippen molar-refractivity contribution in [1.82, 2.24) is 0 Å². The van der Waals surface area contributed by atoms with Crippen LogP contribution in [-0.4, -0.2) is 29.3 Å². The number of imide groups is 1. The maximum atomic E-state index is 13.1. The Morgan fingerprint density at radius 2 is 1.62 bits per heavy atom. The van der Waals surface area contributed by atoms with E-state index >= 15 is 0 Å². The molecule has 29 heavy (non-hydrogen) atoms. The zero-order valence-electron chi connectivity index (χ0n) is 15.7. The van der Waals surface area contributed by atoms with Crippen LogP contribution in [0.3, 0.4) is 0 Å². The maximum absolute atomic E-state index is 13.1. The van der Waals surface area contributed by atoms with Crippen LogP contribution in [0.4, 0.5) is 18.9 Å². The molecule has 152 valence electrons. The molecule has 8 heteroatoms. The fraction of sp³-hybridized carbons (Fsp3) is 0.238. The molecule has 0 saturated heterocycles. The molecule has 0 bridgehead atoms. The second-order valence-electron chi connectivity index (χ2n) is 6.57. The van der Waals surface area contributed by atoms with Gasteiger partial charge in [0.1, 0.15) is 0 Å². The number of halogens is 3. The summed E-state index contributed by atoms with van der Waals surface area (Å²) in [6, 6.07) is 9.26. The molecule has 3 rings (SSSR count). The highest BCUT2D eigenvalue weighted by atomic mass is 32.2. The molecule has 4 nitrogen and oxygen atoms in total. The zero-order valence-corrected chi connectivity index (χ0v) is 16.5. The number of aliphatic hydroxyl groups excluding tert-OH is 1. The smallest absolute Gasteiger partial charge is 0.396 e. The van der Waals surface area contributed by atoms with Crippen molar-refractivity contribution in [2.75, 3.05) is 17.3 Å². The molecule has 0 radical (unpaired) electrons. The van der Waals surface area contributed by atoms with Crippen molar-refractivity contribution >= 4 is 34.8 Å². The van der Waals surface area contributed by atoms with E-state index in [9.17, 15) is 22.8 Å². The summed E-state index contributed by atoms with van der Waals surface area (Å²) < 4.78 is 38.5. The van der Waals surface area contributed by atoms with Crippen molar-refractivity contribution in [1.29, 1.82) is 0 Å². The lowest BCUT2D eigenvalue weighted by Gasteiger charge is -2.16. The van der Waals surface area contributed by atoms with Gasteiger partial charge in [-0.05, 0) is 54.8 Å². The second kappa shape index (κ2) is 8.04. The zero-order chi connectivity index (χ0) is 21.3. The average Bonchev–Trinajstić information content (AvgIpc) is 2.91. The van der Waals surface area contributed by atoms with Crippen molar-refractivity contribution in [3.05, 3.63) is 69.6 Å². The van der Waals surface area contributed by atoms with Crippen LogP contribution < -0.4 is 4.90 Å². The summed E-state index contributed by atoms with van der Waals surface area (Å²) >= 11 is 1.05.